The van der Waals surface area contributed by atoms with Crippen LogP contribution in [0.25, 0.3) is 21.6 Å². The van der Waals surface area contributed by atoms with E-state index in [-0.39, 0.29) is 5.02 Å². The lowest BCUT2D eigenvalue weighted by Gasteiger charge is -2.09. The summed E-state index contributed by atoms with van der Waals surface area (Å²) in [4.78, 5) is 15.6. The Hall–Kier alpha value is -2.57. The lowest BCUT2D eigenvalue weighted by Crippen LogP contribution is -1.98. The van der Waals surface area contributed by atoms with E-state index in [1.807, 2.05) is 12.1 Å². The van der Waals surface area contributed by atoms with E-state index in [4.69, 9.17) is 11.6 Å². The Morgan fingerprint density at radius 3 is 2.81 bits per heavy atom. The van der Waals surface area contributed by atoms with Crippen LogP contribution in [-0.4, -0.2) is 15.0 Å². The van der Waals surface area contributed by atoms with Crippen molar-refractivity contribution in [2.45, 2.75) is 13.3 Å². The molecule has 0 saturated heterocycles. The van der Waals surface area contributed by atoms with Gasteiger partial charge < -0.3 is 5.32 Å². The van der Waals surface area contributed by atoms with Crippen LogP contribution in [-0.2, 0) is 6.42 Å². The molecule has 3 aromatic heterocycles. The molecule has 130 valence electrons. The topological polar surface area (TPSA) is 50.7 Å². The molecule has 0 unspecified atom stereocenters. The van der Waals surface area contributed by atoms with Gasteiger partial charge in [-0.2, -0.15) is 0 Å². The fraction of sp³-hybridized carbons (Fsp3) is 0.105. The maximum absolute atomic E-state index is 13.4. The number of halogens is 2. The van der Waals surface area contributed by atoms with Gasteiger partial charge in [-0.1, -0.05) is 18.5 Å². The molecule has 7 heteroatoms. The molecule has 0 aliphatic rings. The number of aryl methyl sites for hydroxylation is 1. The maximum Gasteiger partial charge on any atom is 0.164 e. The van der Waals surface area contributed by atoms with E-state index in [2.05, 4.69) is 33.3 Å². The van der Waals surface area contributed by atoms with Crippen LogP contribution in [0, 0.1) is 5.82 Å². The fourth-order valence-corrected chi connectivity index (χ4v) is 3.72. The first-order valence-electron chi connectivity index (χ1n) is 8.07. The van der Waals surface area contributed by atoms with Crippen molar-refractivity contribution in [3.8, 4) is 11.4 Å². The molecule has 1 N–H and O–H groups in total. The largest absolute Gasteiger partial charge is 0.340 e. The van der Waals surface area contributed by atoms with Gasteiger partial charge in [-0.05, 0) is 42.8 Å². The van der Waals surface area contributed by atoms with Crippen LogP contribution < -0.4 is 5.32 Å². The highest BCUT2D eigenvalue weighted by molar-refractivity contribution is 7.18. The standard InChI is InChI=1S/C19H14ClFN4S/c1-2-13-9-14-18(23-12-5-6-16(21)15(20)8-12)24-17(25-19(14)26-13)11-4-3-7-22-10-11/h3-10H,2H2,1H3,(H,23,24,25). The molecule has 4 nitrogen and oxygen atoms in total. The third-order valence-corrected chi connectivity index (χ3v) is 5.36. The van der Waals surface area contributed by atoms with Gasteiger partial charge >= 0.3 is 0 Å². The quantitative estimate of drug-likeness (QED) is 0.479. The third-order valence-electron chi connectivity index (χ3n) is 3.89. The summed E-state index contributed by atoms with van der Waals surface area (Å²) >= 11 is 7.54. The van der Waals surface area contributed by atoms with Gasteiger partial charge in [0.15, 0.2) is 5.82 Å². The number of aromatic nitrogens is 3. The number of pyridine rings is 1. The average molecular weight is 385 g/mol. The van der Waals surface area contributed by atoms with Crippen molar-refractivity contribution in [1.29, 1.82) is 0 Å². The molecule has 0 spiro atoms. The molecule has 0 bridgehead atoms. The van der Waals surface area contributed by atoms with Gasteiger partial charge in [-0.3, -0.25) is 4.98 Å². The van der Waals surface area contributed by atoms with Gasteiger partial charge in [0.1, 0.15) is 16.5 Å². The Morgan fingerprint density at radius 1 is 1.19 bits per heavy atom. The van der Waals surface area contributed by atoms with E-state index in [1.54, 1.807) is 35.9 Å². The van der Waals surface area contributed by atoms with E-state index >= 15 is 0 Å². The number of fused-ring (bicyclic) bond motifs is 1. The number of nitrogens with one attached hydrogen (secondary N) is 1. The molecule has 3 heterocycles. The Morgan fingerprint density at radius 2 is 2.08 bits per heavy atom. The van der Waals surface area contributed by atoms with Gasteiger partial charge in [0.05, 0.1) is 10.4 Å². The summed E-state index contributed by atoms with van der Waals surface area (Å²) in [6, 6.07) is 10.4. The van der Waals surface area contributed by atoms with Gasteiger partial charge in [0.25, 0.3) is 0 Å². The zero-order valence-corrected chi connectivity index (χ0v) is 15.4. The minimum Gasteiger partial charge on any atom is -0.340 e. The zero-order chi connectivity index (χ0) is 18.1. The van der Waals surface area contributed by atoms with Crippen LogP contribution >= 0.6 is 22.9 Å². The van der Waals surface area contributed by atoms with Gasteiger partial charge in [0.2, 0.25) is 0 Å². The molecular weight excluding hydrogens is 371 g/mol. The zero-order valence-electron chi connectivity index (χ0n) is 13.8. The Labute approximate surface area is 158 Å². The molecule has 0 atom stereocenters. The summed E-state index contributed by atoms with van der Waals surface area (Å²) < 4.78 is 13.4. The van der Waals surface area contributed by atoms with E-state index < -0.39 is 5.82 Å². The highest BCUT2D eigenvalue weighted by Gasteiger charge is 2.13. The van der Waals surface area contributed by atoms with E-state index in [0.717, 1.165) is 22.2 Å². The summed E-state index contributed by atoms with van der Waals surface area (Å²) in [6.45, 7) is 2.10. The number of rotatable bonds is 4. The number of thiophene rings is 1. The summed E-state index contributed by atoms with van der Waals surface area (Å²) in [7, 11) is 0. The number of nitrogens with zero attached hydrogens (tertiary/aromatic N) is 3. The summed E-state index contributed by atoms with van der Waals surface area (Å²) in [5.74, 6) is 0.795. The molecule has 0 radical (unpaired) electrons. The summed E-state index contributed by atoms with van der Waals surface area (Å²) in [5, 5.41) is 4.24. The van der Waals surface area contributed by atoms with Crippen LogP contribution in [0.1, 0.15) is 11.8 Å². The Balaban J connectivity index is 1.85. The maximum atomic E-state index is 13.4. The average Bonchev–Trinajstić information content (AvgIpc) is 3.09. The predicted octanol–water partition coefficient (Wildman–Crippen LogP) is 5.85. The van der Waals surface area contributed by atoms with Crippen molar-refractivity contribution >= 4 is 44.7 Å². The summed E-state index contributed by atoms with van der Waals surface area (Å²) in [6.07, 6.45) is 4.36. The minimum atomic E-state index is -0.454. The van der Waals surface area contributed by atoms with Crippen LogP contribution in [0.2, 0.25) is 5.02 Å². The number of hydrogen-bond donors (Lipinski definition) is 1. The van der Waals surface area contributed by atoms with Crippen LogP contribution in [0.4, 0.5) is 15.9 Å². The van der Waals surface area contributed by atoms with Gasteiger partial charge in [-0.15, -0.1) is 11.3 Å². The van der Waals surface area contributed by atoms with E-state index in [1.165, 1.54) is 10.9 Å². The first-order chi connectivity index (χ1) is 12.6. The third kappa shape index (κ3) is 3.25. The second-order valence-electron chi connectivity index (χ2n) is 5.68. The lowest BCUT2D eigenvalue weighted by atomic mass is 10.2. The highest BCUT2D eigenvalue weighted by atomic mass is 35.5. The number of hydrogen-bond acceptors (Lipinski definition) is 5. The van der Waals surface area contributed by atoms with Crippen LogP contribution in [0.5, 0.6) is 0 Å². The second-order valence-corrected chi connectivity index (χ2v) is 7.20. The second kappa shape index (κ2) is 6.97. The molecule has 0 aliphatic heterocycles. The van der Waals surface area contributed by atoms with Crippen molar-refractivity contribution in [3.05, 3.63) is 64.5 Å². The van der Waals surface area contributed by atoms with Crippen molar-refractivity contribution < 1.29 is 4.39 Å². The van der Waals surface area contributed by atoms with Crippen molar-refractivity contribution in [2.75, 3.05) is 5.32 Å². The van der Waals surface area contributed by atoms with E-state index in [9.17, 15) is 4.39 Å². The van der Waals surface area contributed by atoms with Crippen molar-refractivity contribution in [3.63, 3.8) is 0 Å². The molecule has 0 amide bonds. The van der Waals surface area contributed by atoms with Crippen LogP contribution in [0.15, 0.2) is 48.8 Å². The molecule has 1 aromatic carbocycles. The van der Waals surface area contributed by atoms with Crippen molar-refractivity contribution in [2.24, 2.45) is 0 Å². The van der Waals surface area contributed by atoms with E-state index in [0.29, 0.717) is 17.3 Å². The lowest BCUT2D eigenvalue weighted by molar-refractivity contribution is 0.628. The minimum absolute atomic E-state index is 0.0624. The normalized spacial score (nSPS) is 11.0. The predicted molar refractivity (Wildman–Crippen MR) is 105 cm³/mol. The van der Waals surface area contributed by atoms with Crippen LogP contribution in [0.3, 0.4) is 0 Å². The molecule has 0 saturated carbocycles. The molecule has 4 rings (SSSR count). The number of benzene rings is 1. The summed E-state index contributed by atoms with van der Waals surface area (Å²) in [5.41, 5.74) is 1.50. The Kier molecular flexibility index (Phi) is 4.53. The monoisotopic (exact) mass is 384 g/mol. The van der Waals surface area contributed by atoms with Gasteiger partial charge in [-0.25, -0.2) is 14.4 Å². The first kappa shape index (κ1) is 16.9. The van der Waals surface area contributed by atoms with Crippen molar-refractivity contribution in [1.82, 2.24) is 15.0 Å². The molecule has 0 aliphatic carbocycles. The SMILES string of the molecule is CCc1cc2c(Nc3ccc(F)c(Cl)c3)nc(-c3cccnc3)nc2s1. The number of anilines is 2. The Bertz CT molecular complexity index is 1080. The molecular formula is C19H14ClFN4S. The fourth-order valence-electron chi connectivity index (χ4n) is 2.58. The highest BCUT2D eigenvalue weighted by Crippen LogP contribution is 2.33. The first-order valence-corrected chi connectivity index (χ1v) is 9.26. The van der Waals surface area contributed by atoms with Gasteiger partial charge in [0, 0.05) is 28.5 Å². The molecule has 4 aromatic rings. The molecule has 26 heavy (non-hydrogen) atoms. The molecule has 0 fully saturated rings. The smallest absolute Gasteiger partial charge is 0.164 e.